The SMILES string of the molecule is C=CCn1c(CNC(=O)c2cccc(C)c2)nnc1SCC(=O)Nc1cc(C(=O)OC)ccc1Cl. The Morgan fingerprint density at radius 2 is 1.97 bits per heavy atom. The van der Waals surface area contributed by atoms with Crippen LogP contribution in [0.2, 0.25) is 5.02 Å². The van der Waals surface area contributed by atoms with Gasteiger partial charge < -0.3 is 19.9 Å². The van der Waals surface area contributed by atoms with Crippen LogP contribution in [0.4, 0.5) is 5.69 Å². The lowest BCUT2D eigenvalue weighted by Gasteiger charge is -2.10. The molecule has 9 nitrogen and oxygen atoms in total. The first kappa shape index (κ1) is 26.0. The Morgan fingerprint density at radius 1 is 1.17 bits per heavy atom. The van der Waals surface area contributed by atoms with Crippen molar-refractivity contribution < 1.29 is 19.1 Å². The van der Waals surface area contributed by atoms with Gasteiger partial charge in [0, 0.05) is 12.1 Å². The van der Waals surface area contributed by atoms with Gasteiger partial charge in [0.2, 0.25) is 5.91 Å². The minimum atomic E-state index is -0.536. The van der Waals surface area contributed by atoms with Crippen LogP contribution in [-0.2, 0) is 22.6 Å². The minimum Gasteiger partial charge on any atom is -0.465 e. The monoisotopic (exact) mass is 513 g/mol. The molecule has 0 atom stereocenters. The van der Waals surface area contributed by atoms with Crippen LogP contribution in [0.5, 0.6) is 0 Å². The van der Waals surface area contributed by atoms with Gasteiger partial charge in [-0.15, -0.1) is 16.8 Å². The zero-order chi connectivity index (χ0) is 25.4. The maximum absolute atomic E-state index is 12.5. The van der Waals surface area contributed by atoms with E-state index in [0.29, 0.717) is 28.8 Å². The number of esters is 1. The fourth-order valence-corrected chi connectivity index (χ4v) is 4.03. The zero-order valence-corrected chi connectivity index (χ0v) is 20.8. The normalized spacial score (nSPS) is 10.5. The molecular formula is C24H24ClN5O4S. The number of methoxy groups -OCH3 is 1. The molecule has 2 amide bonds. The number of hydrogen-bond donors (Lipinski definition) is 2. The van der Waals surface area contributed by atoms with E-state index < -0.39 is 5.97 Å². The number of benzene rings is 2. The molecular weight excluding hydrogens is 490 g/mol. The number of carbonyl (C=O) groups excluding carboxylic acids is 3. The number of nitrogens with zero attached hydrogens (tertiary/aromatic N) is 3. The number of carbonyl (C=O) groups is 3. The molecule has 2 N–H and O–H groups in total. The first-order chi connectivity index (χ1) is 16.8. The van der Waals surface area contributed by atoms with Crippen LogP contribution in [0.25, 0.3) is 0 Å². The highest BCUT2D eigenvalue weighted by Crippen LogP contribution is 2.24. The lowest BCUT2D eigenvalue weighted by molar-refractivity contribution is -0.113. The molecule has 0 saturated heterocycles. The molecule has 182 valence electrons. The number of thioether (sulfide) groups is 1. The number of allylic oxidation sites excluding steroid dienone is 1. The average Bonchev–Trinajstić information content (AvgIpc) is 3.23. The maximum atomic E-state index is 12.5. The van der Waals surface area contributed by atoms with Gasteiger partial charge in [-0.3, -0.25) is 9.59 Å². The van der Waals surface area contributed by atoms with Crippen molar-refractivity contribution >= 4 is 46.8 Å². The van der Waals surface area contributed by atoms with Gasteiger partial charge in [0.15, 0.2) is 11.0 Å². The van der Waals surface area contributed by atoms with Crippen molar-refractivity contribution in [2.45, 2.75) is 25.2 Å². The van der Waals surface area contributed by atoms with Crippen molar-refractivity contribution in [1.29, 1.82) is 0 Å². The molecule has 3 rings (SSSR count). The summed E-state index contributed by atoms with van der Waals surface area (Å²) < 4.78 is 6.46. The Labute approximate surface area is 211 Å². The van der Waals surface area contributed by atoms with Gasteiger partial charge >= 0.3 is 5.97 Å². The third kappa shape index (κ3) is 6.93. The van der Waals surface area contributed by atoms with E-state index in [9.17, 15) is 14.4 Å². The number of hydrogen-bond acceptors (Lipinski definition) is 7. The van der Waals surface area contributed by atoms with Gasteiger partial charge in [0.25, 0.3) is 5.91 Å². The first-order valence-electron chi connectivity index (χ1n) is 10.5. The Morgan fingerprint density at radius 3 is 2.69 bits per heavy atom. The smallest absolute Gasteiger partial charge is 0.337 e. The summed E-state index contributed by atoms with van der Waals surface area (Å²) in [7, 11) is 1.27. The van der Waals surface area contributed by atoms with Gasteiger partial charge in [-0.2, -0.15) is 0 Å². The van der Waals surface area contributed by atoms with Gasteiger partial charge in [0.1, 0.15) is 0 Å². The van der Waals surface area contributed by atoms with E-state index in [1.807, 2.05) is 19.1 Å². The molecule has 0 fully saturated rings. The molecule has 0 bridgehead atoms. The molecule has 0 radical (unpaired) electrons. The molecule has 3 aromatic rings. The summed E-state index contributed by atoms with van der Waals surface area (Å²) in [5.41, 5.74) is 2.11. The molecule has 0 aliphatic rings. The molecule has 0 aliphatic carbocycles. The number of amides is 2. The van der Waals surface area contributed by atoms with Crippen LogP contribution < -0.4 is 10.6 Å². The molecule has 1 aromatic heterocycles. The second-order valence-electron chi connectivity index (χ2n) is 7.37. The molecule has 0 saturated carbocycles. The number of anilines is 1. The lowest BCUT2D eigenvalue weighted by atomic mass is 10.1. The summed E-state index contributed by atoms with van der Waals surface area (Å²) in [5, 5.41) is 14.6. The van der Waals surface area contributed by atoms with Crippen LogP contribution in [0.1, 0.15) is 32.1 Å². The standard InChI is InChI=1S/C24H24ClN5O4S/c1-4-10-30-20(13-26-22(32)16-7-5-6-15(2)11-16)28-29-24(30)35-14-21(31)27-19-12-17(23(33)34-3)8-9-18(19)25/h4-9,11-12H,1,10,13-14H2,2-3H3,(H,26,32)(H,27,31). The van der Waals surface area contributed by atoms with Crippen molar-refractivity contribution in [3.05, 3.63) is 82.7 Å². The first-order valence-corrected chi connectivity index (χ1v) is 11.9. The fraction of sp³-hybridized carbons (Fsp3) is 0.208. The third-order valence-electron chi connectivity index (χ3n) is 4.79. The third-order valence-corrected chi connectivity index (χ3v) is 6.08. The topological polar surface area (TPSA) is 115 Å². The Balaban J connectivity index is 1.63. The summed E-state index contributed by atoms with van der Waals surface area (Å²) in [6.07, 6.45) is 1.68. The highest BCUT2D eigenvalue weighted by Gasteiger charge is 2.16. The summed E-state index contributed by atoms with van der Waals surface area (Å²) >= 11 is 7.31. The molecule has 0 unspecified atom stereocenters. The van der Waals surface area contributed by atoms with Crippen molar-refractivity contribution in [1.82, 2.24) is 20.1 Å². The van der Waals surface area contributed by atoms with Crippen molar-refractivity contribution in [2.24, 2.45) is 0 Å². The van der Waals surface area contributed by atoms with E-state index in [1.165, 1.54) is 37.1 Å². The second-order valence-corrected chi connectivity index (χ2v) is 8.72. The van der Waals surface area contributed by atoms with Crippen LogP contribution in [-0.4, -0.2) is 45.4 Å². The molecule has 0 aliphatic heterocycles. The van der Waals surface area contributed by atoms with Gasteiger partial charge in [0.05, 0.1) is 35.7 Å². The van der Waals surface area contributed by atoms with Crippen LogP contribution in [0.3, 0.4) is 0 Å². The van der Waals surface area contributed by atoms with Gasteiger partial charge in [-0.05, 0) is 37.3 Å². The van der Waals surface area contributed by atoms with Crippen LogP contribution in [0.15, 0.2) is 60.3 Å². The molecule has 11 heteroatoms. The summed E-state index contributed by atoms with van der Waals surface area (Å²) in [6.45, 7) is 6.24. The van der Waals surface area contributed by atoms with E-state index in [1.54, 1.807) is 22.8 Å². The largest absolute Gasteiger partial charge is 0.465 e. The number of aromatic nitrogens is 3. The summed E-state index contributed by atoms with van der Waals surface area (Å²) in [6, 6.07) is 11.8. The second kappa shape index (κ2) is 12.2. The number of ether oxygens (including phenoxy) is 1. The summed E-state index contributed by atoms with van der Waals surface area (Å²) in [5.74, 6) is -0.555. The van der Waals surface area contributed by atoms with Crippen molar-refractivity contribution in [3.63, 3.8) is 0 Å². The minimum absolute atomic E-state index is 0.0176. The Hall–Kier alpha value is -3.63. The number of aryl methyl sites for hydroxylation is 1. The Bertz CT molecular complexity index is 1260. The van der Waals surface area contributed by atoms with Gasteiger partial charge in [-0.25, -0.2) is 4.79 Å². The predicted molar refractivity (Wildman–Crippen MR) is 135 cm³/mol. The van der Waals surface area contributed by atoms with E-state index in [-0.39, 0.29) is 34.7 Å². The number of halogens is 1. The predicted octanol–water partition coefficient (Wildman–Crippen LogP) is 3.87. The summed E-state index contributed by atoms with van der Waals surface area (Å²) in [4.78, 5) is 36.7. The highest BCUT2D eigenvalue weighted by molar-refractivity contribution is 7.99. The van der Waals surface area contributed by atoms with E-state index >= 15 is 0 Å². The highest BCUT2D eigenvalue weighted by atomic mass is 35.5. The molecule has 1 heterocycles. The van der Waals surface area contributed by atoms with Crippen LogP contribution in [0, 0.1) is 6.92 Å². The number of nitrogens with one attached hydrogen (secondary N) is 2. The Kier molecular flexibility index (Phi) is 9.04. The zero-order valence-electron chi connectivity index (χ0n) is 19.2. The van der Waals surface area contributed by atoms with Crippen LogP contribution >= 0.6 is 23.4 Å². The molecule has 2 aromatic carbocycles. The fourth-order valence-electron chi connectivity index (χ4n) is 3.10. The van der Waals surface area contributed by atoms with Crippen molar-refractivity contribution in [3.8, 4) is 0 Å². The maximum Gasteiger partial charge on any atom is 0.337 e. The molecule has 0 spiro atoms. The lowest BCUT2D eigenvalue weighted by Crippen LogP contribution is -2.25. The average molecular weight is 514 g/mol. The van der Waals surface area contributed by atoms with E-state index in [0.717, 1.165) is 5.56 Å². The van der Waals surface area contributed by atoms with E-state index in [4.69, 9.17) is 16.3 Å². The van der Waals surface area contributed by atoms with Gasteiger partial charge in [-0.1, -0.05) is 47.1 Å². The van der Waals surface area contributed by atoms with E-state index in [2.05, 4.69) is 27.4 Å². The quantitative estimate of drug-likeness (QED) is 0.240. The van der Waals surface area contributed by atoms with Crippen molar-refractivity contribution in [2.75, 3.05) is 18.2 Å². The number of rotatable bonds is 10. The molecule has 35 heavy (non-hydrogen) atoms.